The fourth-order valence-electron chi connectivity index (χ4n) is 3.30. The molecule has 1 saturated heterocycles. The first-order valence-electron chi connectivity index (χ1n) is 8.52. The van der Waals surface area contributed by atoms with Crippen LogP contribution in [0.2, 0.25) is 0 Å². The first-order chi connectivity index (χ1) is 11.3. The van der Waals surface area contributed by atoms with Crippen molar-refractivity contribution >= 4 is 0 Å². The minimum absolute atomic E-state index is 0.643. The number of pyridine rings is 2. The van der Waals surface area contributed by atoms with Crippen LogP contribution in [-0.4, -0.2) is 52.5 Å². The van der Waals surface area contributed by atoms with E-state index in [1.165, 1.54) is 30.6 Å². The van der Waals surface area contributed by atoms with E-state index in [4.69, 9.17) is 0 Å². The largest absolute Gasteiger partial charge is 0.302 e. The Morgan fingerprint density at radius 3 is 2.96 bits per heavy atom. The van der Waals surface area contributed by atoms with Crippen molar-refractivity contribution in [3.8, 4) is 0 Å². The van der Waals surface area contributed by atoms with Gasteiger partial charge < -0.3 is 4.90 Å². The molecule has 0 N–H and O–H groups in total. The van der Waals surface area contributed by atoms with Crippen LogP contribution in [-0.2, 0) is 13.0 Å². The molecule has 23 heavy (non-hydrogen) atoms. The highest BCUT2D eigenvalue weighted by atomic mass is 15.2. The molecular formula is C19H26N4. The monoisotopic (exact) mass is 310 g/mol. The standard InChI is InChI=1S/C19H26N4/c1-22(13-9-18-7-2-3-11-21-18)19-8-5-12-23(16-19)15-17-6-4-10-20-14-17/h2-4,6-7,10-11,14,19H,5,8-9,12-13,15-16H2,1H3/t19-/m0/s1. The van der Waals surface area contributed by atoms with Crippen LogP contribution in [0.3, 0.4) is 0 Å². The molecule has 4 nitrogen and oxygen atoms in total. The molecule has 1 aliphatic rings. The van der Waals surface area contributed by atoms with Crippen molar-refractivity contribution in [2.75, 3.05) is 26.7 Å². The van der Waals surface area contributed by atoms with Crippen LogP contribution in [0.4, 0.5) is 0 Å². The minimum Gasteiger partial charge on any atom is -0.302 e. The Bertz CT molecular complexity index is 572. The molecule has 122 valence electrons. The maximum atomic E-state index is 4.42. The topological polar surface area (TPSA) is 32.3 Å². The zero-order valence-corrected chi connectivity index (χ0v) is 13.9. The molecule has 1 fully saturated rings. The van der Waals surface area contributed by atoms with E-state index in [0.717, 1.165) is 26.1 Å². The van der Waals surface area contributed by atoms with Crippen molar-refractivity contribution in [3.63, 3.8) is 0 Å². The van der Waals surface area contributed by atoms with Crippen LogP contribution < -0.4 is 0 Å². The van der Waals surface area contributed by atoms with E-state index < -0.39 is 0 Å². The molecule has 0 amide bonds. The van der Waals surface area contributed by atoms with Gasteiger partial charge in [-0.25, -0.2) is 0 Å². The van der Waals surface area contributed by atoms with E-state index in [1.54, 1.807) is 0 Å². The average Bonchev–Trinajstić information content (AvgIpc) is 2.62. The van der Waals surface area contributed by atoms with Crippen molar-refractivity contribution in [3.05, 3.63) is 60.2 Å². The summed E-state index contributed by atoms with van der Waals surface area (Å²) in [6, 6.07) is 11.0. The molecule has 0 aliphatic carbocycles. The van der Waals surface area contributed by atoms with Gasteiger partial charge in [-0.05, 0) is 50.2 Å². The number of hydrogen-bond donors (Lipinski definition) is 0. The Morgan fingerprint density at radius 1 is 1.22 bits per heavy atom. The van der Waals surface area contributed by atoms with Gasteiger partial charge in [0.1, 0.15) is 0 Å². The third kappa shape index (κ3) is 4.85. The fourth-order valence-corrected chi connectivity index (χ4v) is 3.30. The predicted molar refractivity (Wildman–Crippen MR) is 93.1 cm³/mol. The quantitative estimate of drug-likeness (QED) is 0.821. The fraction of sp³-hybridized carbons (Fsp3) is 0.474. The predicted octanol–water partition coefficient (Wildman–Crippen LogP) is 2.62. The summed E-state index contributed by atoms with van der Waals surface area (Å²) in [5, 5.41) is 0. The second kappa shape index (κ2) is 8.18. The maximum absolute atomic E-state index is 4.42. The highest BCUT2D eigenvalue weighted by molar-refractivity contribution is 5.08. The van der Waals surface area contributed by atoms with Gasteiger partial charge in [-0.1, -0.05) is 12.1 Å². The van der Waals surface area contributed by atoms with Gasteiger partial charge in [0, 0.05) is 56.4 Å². The Kier molecular flexibility index (Phi) is 5.72. The summed E-state index contributed by atoms with van der Waals surface area (Å²) >= 11 is 0. The van der Waals surface area contributed by atoms with E-state index in [-0.39, 0.29) is 0 Å². The van der Waals surface area contributed by atoms with Gasteiger partial charge in [-0.15, -0.1) is 0 Å². The lowest BCUT2D eigenvalue weighted by Crippen LogP contribution is -2.46. The smallest absolute Gasteiger partial charge is 0.0416 e. The second-order valence-corrected chi connectivity index (χ2v) is 6.44. The lowest BCUT2D eigenvalue weighted by atomic mass is 10.0. The minimum atomic E-state index is 0.643. The molecule has 3 rings (SSSR count). The van der Waals surface area contributed by atoms with E-state index >= 15 is 0 Å². The molecule has 0 aromatic carbocycles. The van der Waals surface area contributed by atoms with Crippen LogP contribution in [0.15, 0.2) is 48.9 Å². The molecule has 1 aliphatic heterocycles. The normalized spacial score (nSPS) is 19.1. The number of likely N-dealkylation sites (tertiary alicyclic amines) is 1. The molecule has 0 radical (unpaired) electrons. The Balaban J connectivity index is 1.49. The number of piperidine rings is 1. The average molecular weight is 310 g/mol. The zero-order chi connectivity index (χ0) is 15.9. The van der Waals surface area contributed by atoms with Crippen molar-refractivity contribution in [1.82, 2.24) is 19.8 Å². The number of aromatic nitrogens is 2. The first kappa shape index (κ1) is 16.1. The lowest BCUT2D eigenvalue weighted by molar-refractivity contribution is 0.112. The van der Waals surface area contributed by atoms with Crippen LogP contribution in [0.5, 0.6) is 0 Å². The van der Waals surface area contributed by atoms with Crippen molar-refractivity contribution < 1.29 is 0 Å². The Morgan fingerprint density at radius 2 is 2.17 bits per heavy atom. The van der Waals surface area contributed by atoms with Crippen LogP contribution in [0.25, 0.3) is 0 Å². The number of nitrogens with zero attached hydrogens (tertiary/aromatic N) is 4. The lowest BCUT2D eigenvalue weighted by Gasteiger charge is -2.37. The maximum Gasteiger partial charge on any atom is 0.0416 e. The van der Waals surface area contributed by atoms with Gasteiger partial charge in [0.15, 0.2) is 0 Å². The van der Waals surface area contributed by atoms with Gasteiger partial charge in [0.25, 0.3) is 0 Å². The summed E-state index contributed by atoms with van der Waals surface area (Å²) in [5.74, 6) is 0. The summed E-state index contributed by atoms with van der Waals surface area (Å²) in [6.45, 7) is 4.42. The number of rotatable bonds is 6. The SMILES string of the molecule is CN(CCc1ccccn1)[C@H]1CCCN(Cc2cccnc2)C1. The Hall–Kier alpha value is -1.78. The molecular weight excluding hydrogens is 284 g/mol. The summed E-state index contributed by atoms with van der Waals surface area (Å²) in [5.41, 5.74) is 2.49. The highest BCUT2D eigenvalue weighted by Gasteiger charge is 2.23. The second-order valence-electron chi connectivity index (χ2n) is 6.44. The van der Waals surface area contributed by atoms with Gasteiger partial charge >= 0.3 is 0 Å². The number of likely N-dealkylation sites (N-methyl/N-ethyl adjacent to an activating group) is 1. The van der Waals surface area contributed by atoms with Gasteiger partial charge in [-0.2, -0.15) is 0 Å². The summed E-state index contributed by atoms with van der Waals surface area (Å²) in [7, 11) is 2.25. The van der Waals surface area contributed by atoms with E-state index in [2.05, 4.69) is 45.0 Å². The molecule has 2 aromatic heterocycles. The van der Waals surface area contributed by atoms with Crippen LogP contribution in [0.1, 0.15) is 24.1 Å². The molecule has 0 bridgehead atoms. The molecule has 2 aromatic rings. The molecule has 0 saturated carbocycles. The van der Waals surface area contributed by atoms with Crippen LogP contribution >= 0.6 is 0 Å². The molecule has 0 spiro atoms. The van der Waals surface area contributed by atoms with Gasteiger partial charge in [0.05, 0.1) is 0 Å². The van der Waals surface area contributed by atoms with Crippen molar-refractivity contribution in [2.24, 2.45) is 0 Å². The van der Waals surface area contributed by atoms with E-state index in [1.807, 2.05) is 30.7 Å². The third-order valence-electron chi connectivity index (χ3n) is 4.68. The first-order valence-corrected chi connectivity index (χ1v) is 8.52. The van der Waals surface area contributed by atoms with Gasteiger partial charge in [-0.3, -0.25) is 14.9 Å². The van der Waals surface area contributed by atoms with E-state index in [0.29, 0.717) is 6.04 Å². The summed E-state index contributed by atoms with van der Waals surface area (Å²) in [6.07, 6.45) is 9.30. The molecule has 0 unspecified atom stereocenters. The molecule has 4 heteroatoms. The summed E-state index contributed by atoms with van der Waals surface area (Å²) in [4.78, 5) is 13.7. The summed E-state index contributed by atoms with van der Waals surface area (Å²) < 4.78 is 0. The van der Waals surface area contributed by atoms with Crippen molar-refractivity contribution in [2.45, 2.75) is 31.8 Å². The molecule has 1 atom stereocenters. The van der Waals surface area contributed by atoms with E-state index in [9.17, 15) is 0 Å². The molecule has 3 heterocycles. The van der Waals surface area contributed by atoms with Crippen LogP contribution in [0, 0.1) is 0 Å². The van der Waals surface area contributed by atoms with Crippen molar-refractivity contribution in [1.29, 1.82) is 0 Å². The zero-order valence-electron chi connectivity index (χ0n) is 13.9. The highest BCUT2D eigenvalue weighted by Crippen LogP contribution is 2.17. The number of hydrogen-bond acceptors (Lipinski definition) is 4. The Labute approximate surface area is 139 Å². The van der Waals surface area contributed by atoms with Gasteiger partial charge in [0.2, 0.25) is 0 Å². The third-order valence-corrected chi connectivity index (χ3v) is 4.68.